The topological polar surface area (TPSA) is 136 Å². The highest BCUT2D eigenvalue weighted by atomic mass is 16.6. The molecule has 1 aliphatic heterocycles. The Morgan fingerprint density at radius 1 is 0.921 bits per heavy atom. The zero-order valence-corrected chi connectivity index (χ0v) is 19.7. The van der Waals surface area contributed by atoms with E-state index in [9.17, 15) is 24.5 Å². The van der Waals surface area contributed by atoms with E-state index in [4.69, 9.17) is 4.42 Å². The summed E-state index contributed by atoms with van der Waals surface area (Å²) in [5, 5.41) is 16.1. The molecule has 4 aromatic carbocycles. The van der Waals surface area contributed by atoms with Crippen molar-refractivity contribution in [2.24, 2.45) is 0 Å². The highest BCUT2D eigenvalue weighted by molar-refractivity contribution is 6.23. The summed E-state index contributed by atoms with van der Waals surface area (Å²) >= 11 is 0. The number of para-hydroxylation sites is 1. The van der Waals surface area contributed by atoms with E-state index >= 15 is 0 Å². The van der Waals surface area contributed by atoms with Gasteiger partial charge in [-0.15, -0.1) is 0 Å². The van der Waals surface area contributed by atoms with Gasteiger partial charge in [-0.25, -0.2) is 4.98 Å². The lowest BCUT2D eigenvalue weighted by atomic mass is 10.1. The normalized spacial score (nSPS) is 12.8. The molecule has 0 aliphatic carbocycles. The van der Waals surface area contributed by atoms with Crippen molar-refractivity contribution in [3.05, 3.63) is 100 Å². The second-order valence-corrected chi connectivity index (χ2v) is 8.71. The summed E-state index contributed by atoms with van der Waals surface area (Å²) in [4.78, 5) is 54.5. The Hall–Kier alpha value is -5.38. The van der Waals surface area contributed by atoms with Crippen LogP contribution in [0.1, 0.15) is 27.1 Å². The third-order valence-electron chi connectivity index (χ3n) is 6.45. The van der Waals surface area contributed by atoms with Crippen molar-refractivity contribution in [1.82, 2.24) is 9.88 Å². The summed E-state index contributed by atoms with van der Waals surface area (Å²) < 4.78 is 6.01. The van der Waals surface area contributed by atoms with Gasteiger partial charge >= 0.3 is 0 Å². The number of nitro groups is 1. The molecule has 10 heteroatoms. The third kappa shape index (κ3) is 3.75. The fourth-order valence-corrected chi connectivity index (χ4v) is 4.65. The number of carbonyl (C=O) groups excluding carboxylic acids is 3. The number of nitrogens with zero attached hydrogens (tertiary/aromatic N) is 3. The van der Waals surface area contributed by atoms with E-state index < -0.39 is 28.3 Å². The van der Waals surface area contributed by atoms with Crippen LogP contribution in [-0.4, -0.2) is 39.1 Å². The van der Waals surface area contributed by atoms with Crippen molar-refractivity contribution >= 4 is 51.0 Å². The van der Waals surface area contributed by atoms with E-state index in [0.29, 0.717) is 28.2 Å². The van der Waals surface area contributed by atoms with Crippen LogP contribution in [0, 0.1) is 10.1 Å². The average molecular weight is 506 g/mol. The Balaban J connectivity index is 1.22. The van der Waals surface area contributed by atoms with Crippen molar-refractivity contribution in [1.29, 1.82) is 0 Å². The molecule has 0 saturated heterocycles. The smallest absolute Gasteiger partial charge is 0.282 e. The molecule has 38 heavy (non-hydrogen) atoms. The van der Waals surface area contributed by atoms with Gasteiger partial charge in [-0.3, -0.25) is 29.4 Å². The Kier molecular flexibility index (Phi) is 5.42. The number of rotatable bonds is 6. The molecule has 1 aliphatic rings. The second-order valence-electron chi connectivity index (χ2n) is 8.71. The second kappa shape index (κ2) is 8.93. The van der Waals surface area contributed by atoms with Crippen LogP contribution >= 0.6 is 0 Å². The zero-order valence-electron chi connectivity index (χ0n) is 19.7. The molecule has 0 fully saturated rings. The van der Waals surface area contributed by atoms with Crippen LogP contribution < -0.4 is 5.32 Å². The van der Waals surface area contributed by atoms with E-state index in [1.54, 1.807) is 24.3 Å². The Morgan fingerprint density at radius 3 is 2.53 bits per heavy atom. The summed E-state index contributed by atoms with van der Waals surface area (Å²) in [5.74, 6) is -1.57. The number of nitrogens with one attached hydrogen (secondary N) is 1. The van der Waals surface area contributed by atoms with Crippen molar-refractivity contribution in [3.63, 3.8) is 0 Å². The molecule has 0 saturated carbocycles. The van der Waals surface area contributed by atoms with Crippen molar-refractivity contribution in [2.75, 3.05) is 11.9 Å². The predicted molar refractivity (Wildman–Crippen MR) is 139 cm³/mol. The van der Waals surface area contributed by atoms with Crippen molar-refractivity contribution in [3.8, 4) is 11.5 Å². The molecule has 0 radical (unpaired) electrons. The van der Waals surface area contributed by atoms with E-state index in [2.05, 4.69) is 10.3 Å². The fourth-order valence-electron chi connectivity index (χ4n) is 4.65. The monoisotopic (exact) mass is 506 g/mol. The van der Waals surface area contributed by atoms with Gasteiger partial charge in [0.1, 0.15) is 11.1 Å². The van der Waals surface area contributed by atoms with Gasteiger partial charge in [0.05, 0.1) is 21.7 Å². The number of imide groups is 1. The Morgan fingerprint density at radius 2 is 1.68 bits per heavy atom. The molecule has 0 atom stereocenters. The average Bonchev–Trinajstić information content (AvgIpc) is 3.47. The molecule has 1 N–H and O–H groups in total. The zero-order chi connectivity index (χ0) is 26.4. The number of anilines is 1. The van der Waals surface area contributed by atoms with E-state index in [1.165, 1.54) is 18.2 Å². The van der Waals surface area contributed by atoms with Gasteiger partial charge in [-0.2, -0.15) is 0 Å². The van der Waals surface area contributed by atoms with Crippen LogP contribution in [0.15, 0.2) is 83.3 Å². The lowest BCUT2D eigenvalue weighted by molar-refractivity contribution is -0.385. The minimum absolute atomic E-state index is 0.0431. The maximum Gasteiger partial charge on any atom is 0.282 e. The Bertz CT molecular complexity index is 1810. The number of benzene rings is 4. The molecule has 5 aromatic rings. The van der Waals surface area contributed by atoms with Crippen molar-refractivity contribution < 1.29 is 23.7 Å². The molecule has 186 valence electrons. The van der Waals surface area contributed by atoms with E-state index in [0.717, 1.165) is 15.7 Å². The molecule has 0 bridgehead atoms. The van der Waals surface area contributed by atoms with E-state index in [1.807, 2.05) is 36.4 Å². The van der Waals surface area contributed by atoms with Gasteiger partial charge in [0.25, 0.3) is 17.5 Å². The molecule has 0 spiro atoms. The van der Waals surface area contributed by atoms with Crippen molar-refractivity contribution in [2.45, 2.75) is 6.42 Å². The molecule has 0 unspecified atom stereocenters. The first kappa shape index (κ1) is 23.0. The first-order valence-corrected chi connectivity index (χ1v) is 11.7. The minimum Gasteiger partial charge on any atom is -0.436 e. The van der Waals surface area contributed by atoms with Crippen LogP contribution in [0.3, 0.4) is 0 Å². The van der Waals surface area contributed by atoms with Crippen LogP contribution in [0.4, 0.5) is 11.4 Å². The molecule has 1 aromatic heterocycles. The SMILES string of the molecule is O=C(CCN1C(=O)c2cccc([N+](=O)[O-])c2C1=O)Nc1ccccc1-c1nc2c(ccc3ccccc32)o1. The molecular weight excluding hydrogens is 488 g/mol. The van der Waals surface area contributed by atoms with Crippen LogP contribution in [0.25, 0.3) is 33.3 Å². The summed E-state index contributed by atoms with van der Waals surface area (Å²) in [6.45, 7) is -0.230. The van der Waals surface area contributed by atoms with Crippen LogP contribution in [0.5, 0.6) is 0 Å². The molecule has 6 rings (SSSR count). The lowest BCUT2D eigenvalue weighted by Crippen LogP contribution is -2.33. The highest BCUT2D eigenvalue weighted by Gasteiger charge is 2.40. The number of hydrogen-bond acceptors (Lipinski definition) is 7. The minimum atomic E-state index is -0.788. The van der Waals surface area contributed by atoms with Crippen LogP contribution in [-0.2, 0) is 4.79 Å². The number of hydrogen-bond donors (Lipinski definition) is 1. The molecule has 2 heterocycles. The Labute approximate surface area is 214 Å². The van der Waals surface area contributed by atoms with Gasteiger partial charge in [0.15, 0.2) is 5.58 Å². The number of aromatic nitrogens is 1. The number of amides is 3. The molecular formula is C28H18N4O6. The van der Waals surface area contributed by atoms with Gasteiger partial charge in [-0.05, 0) is 29.7 Å². The number of oxazole rings is 1. The number of fused-ring (bicyclic) bond motifs is 4. The summed E-state index contributed by atoms with van der Waals surface area (Å²) in [6.07, 6.45) is -0.203. The highest BCUT2D eigenvalue weighted by Crippen LogP contribution is 2.34. The van der Waals surface area contributed by atoms with Gasteiger partial charge in [0.2, 0.25) is 11.8 Å². The third-order valence-corrected chi connectivity index (χ3v) is 6.45. The fraction of sp³-hybridized carbons (Fsp3) is 0.0714. The van der Waals surface area contributed by atoms with Crippen LogP contribution in [0.2, 0.25) is 0 Å². The maximum absolute atomic E-state index is 12.8. The quantitative estimate of drug-likeness (QED) is 0.190. The molecule has 3 amide bonds. The number of nitro benzene ring substituents is 1. The lowest BCUT2D eigenvalue weighted by Gasteiger charge is -2.14. The van der Waals surface area contributed by atoms with Gasteiger partial charge < -0.3 is 9.73 Å². The van der Waals surface area contributed by atoms with Gasteiger partial charge in [0, 0.05) is 24.4 Å². The standard InChI is InChI=1S/C28H18N4O6/c33-23(14-15-31-27(34)19-9-5-11-21(32(36)37)24(19)28(31)35)29-20-10-4-3-8-18(20)26-30-25-17-7-2-1-6-16(17)12-13-22(25)38-26/h1-13H,14-15H2,(H,29,33). The molecule has 10 nitrogen and oxygen atoms in total. The largest absolute Gasteiger partial charge is 0.436 e. The maximum atomic E-state index is 12.8. The van der Waals surface area contributed by atoms with Gasteiger partial charge in [-0.1, -0.05) is 48.5 Å². The summed E-state index contributed by atoms with van der Waals surface area (Å²) in [6, 6.07) is 22.5. The number of carbonyl (C=O) groups is 3. The first-order valence-electron chi connectivity index (χ1n) is 11.7. The summed E-state index contributed by atoms with van der Waals surface area (Å²) in [7, 11) is 0. The predicted octanol–water partition coefficient (Wildman–Crippen LogP) is 5.18. The van der Waals surface area contributed by atoms with E-state index in [-0.39, 0.29) is 24.1 Å². The summed E-state index contributed by atoms with van der Waals surface area (Å²) in [5.41, 5.74) is 1.60. The first-order chi connectivity index (χ1) is 18.4.